The van der Waals surface area contributed by atoms with Gasteiger partial charge in [0.25, 0.3) is 0 Å². The van der Waals surface area contributed by atoms with E-state index in [9.17, 15) is 13.2 Å². The summed E-state index contributed by atoms with van der Waals surface area (Å²) in [5, 5.41) is 12.1. The molecule has 0 radical (unpaired) electrons. The van der Waals surface area contributed by atoms with Gasteiger partial charge >= 0.3 is 0 Å². The summed E-state index contributed by atoms with van der Waals surface area (Å²) < 4.78 is 25.6. The van der Waals surface area contributed by atoms with E-state index in [4.69, 9.17) is 11.6 Å². The number of nitrogens with one attached hydrogen (secondary N) is 1. The lowest BCUT2D eigenvalue weighted by Gasteiger charge is -2.23. The van der Waals surface area contributed by atoms with Gasteiger partial charge in [-0.1, -0.05) is 58.8 Å². The smallest absolute Gasteiger partial charge is 0.246 e. The molecule has 0 saturated heterocycles. The fraction of sp³-hybridized carbons (Fsp3) is 0.211. The molecule has 29 heavy (non-hydrogen) atoms. The van der Waals surface area contributed by atoms with Gasteiger partial charge in [-0.05, 0) is 31.5 Å². The minimum Gasteiger partial charge on any atom is -0.299 e. The summed E-state index contributed by atoms with van der Waals surface area (Å²) in [4.78, 5) is 12.5. The molecule has 10 heteroatoms. The highest BCUT2D eigenvalue weighted by atomic mass is 35.5. The van der Waals surface area contributed by atoms with E-state index in [1.807, 2.05) is 31.2 Å². The molecule has 1 amide bonds. The van der Waals surface area contributed by atoms with Crippen LogP contribution in [0.1, 0.15) is 11.1 Å². The van der Waals surface area contributed by atoms with Crippen LogP contribution in [0.2, 0.25) is 5.02 Å². The lowest BCUT2D eigenvalue weighted by atomic mass is 10.2. The van der Waals surface area contributed by atoms with Gasteiger partial charge in [0.05, 0.1) is 11.9 Å². The first kappa shape index (κ1) is 21.2. The molecule has 0 aliphatic carbocycles. The number of hydrogen-bond donors (Lipinski definition) is 1. The topological polar surface area (TPSA) is 92.3 Å². The van der Waals surface area contributed by atoms with Crippen LogP contribution in [0.3, 0.4) is 0 Å². The van der Waals surface area contributed by atoms with E-state index in [1.165, 1.54) is 11.3 Å². The van der Waals surface area contributed by atoms with Crippen LogP contribution in [0.15, 0.2) is 42.5 Å². The summed E-state index contributed by atoms with van der Waals surface area (Å²) in [5.41, 5.74) is 2.95. The van der Waals surface area contributed by atoms with Gasteiger partial charge in [0.2, 0.25) is 21.1 Å². The molecule has 1 heterocycles. The Morgan fingerprint density at radius 1 is 1.14 bits per heavy atom. The minimum absolute atomic E-state index is 0.293. The third-order valence-electron chi connectivity index (χ3n) is 4.17. The predicted molar refractivity (Wildman–Crippen MR) is 117 cm³/mol. The monoisotopic (exact) mass is 450 g/mol. The Kier molecular flexibility index (Phi) is 6.21. The van der Waals surface area contributed by atoms with Crippen LogP contribution in [0.4, 0.5) is 10.8 Å². The van der Waals surface area contributed by atoms with E-state index in [2.05, 4.69) is 15.5 Å². The zero-order chi connectivity index (χ0) is 21.2. The molecule has 0 unspecified atom stereocenters. The average Bonchev–Trinajstić information content (AvgIpc) is 3.10. The number of sulfonamides is 1. The number of rotatable bonds is 6. The molecule has 3 aromatic rings. The average molecular weight is 451 g/mol. The van der Waals surface area contributed by atoms with E-state index in [1.54, 1.807) is 25.1 Å². The van der Waals surface area contributed by atoms with Gasteiger partial charge in [-0.15, -0.1) is 10.2 Å². The maximum Gasteiger partial charge on any atom is 0.246 e. The number of hydrogen-bond acceptors (Lipinski definition) is 6. The van der Waals surface area contributed by atoms with Gasteiger partial charge in [-0.2, -0.15) is 0 Å². The van der Waals surface area contributed by atoms with Crippen LogP contribution in [0, 0.1) is 13.8 Å². The van der Waals surface area contributed by atoms with Gasteiger partial charge in [-0.3, -0.25) is 14.4 Å². The second-order valence-corrected chi connectivity index (χ2v) is 9.77. The number of benzene rings is 2. The molecule has 7 nitrogen and oxygen atoms in total. The highest BCUT2D eigenvalue weighted by molar-refractivity contribution is 7.92. The first-order chi connectivity index (χ1) is 13.6. The SMILES string of the molecule is Cc1ccc(-c2nnc(NC(=O)CN(c3cccc(Cl)c3C)S(C)(=O)=O)s2)cc1. The third-order valence-corrected chi connectivity index (χ3v) is 6.59. The lowest BCUT2D eigenvalue weighted by Crippen LogP contribution is -2.37. The van der Waals surface area contributed by atoms with Gasteiger partial charge in [0.1, 0.15) is 11.6 Å². The molecule has 0 spiro atoms. The highest BCUT2D eigenvalue weighted by Crippen LogP contribution is 2.29. The van der Waals surface area contributed by atoms with Crippen molar-refractivity contribution in [1.29, 1.82) is 0 Å². The molecule has 2 aromatic carbocycles. The first-order valence-corrected chi connectivity index (χ1v) is 11.6. The van der Waals surface area contributed by atoms with E-state index in [0.29, 0.717) is 26.4 Å². The van der Waals surface area contributed by atoms with E-state index in [0.717, 1.165) is 21.7 Å². The maximum absolute atomic E-state index is 12.5. The van der Waals surface area contributed by atoms with E-state index >= 15 is 0 Å². The number of anilines is 2. The Morgan fingerprint density at radius 3 is 2.48 bits per heavy atom. The standard InChI is InChI=1S/C19H19ClN4O3S2/c1-12-7-9-14(10-8-12)18-22-23-19(28-18)21-17(25)11-24(29(3,26)27)16-6-4-5-15(20)13(16)2/h4-10H,11H2,1-3H3,(H,21,23,25). The fourth-order valence-corrected chi connectivity index (χ4v) is 4.46. The number of carbonyl (C=O) groups is 1. The molecule has 0 bridgehead atoms. The molecule has 0 aliphatic heterocycles. The Morgan fingerprint density at radius 2 is 1.83 bits per heavy atom. The van der Waals surface area contributed by atoms with Crippen molar-refractivity contribution in [3.05, 3.63) is 58.6 Å². The Balaban J connectivity index is 1.78. The summed E-state index contributed by atoms with van der Waals surface area (Å²) in [6.07, 6.45) is 1.04. The maximum atomic E-state index is 12.5. The number of aromatic nitrogens is 2. The molecular formula is C19H19ClN4O3S2. The van der Waals surface area contributed by atoms with Crippen LogP contribution >= 0.6 is 22.9 Å². The summed E-state index contributed by atoms with van der Waals surface area (Å²) in [5.74, 6) is -0.526. The molecule has 0 atom stereocenters. The molecular weight excluding hydrogens is 432 g/mol. The largest absolute Gasteiger partial charge is 0.299 e. The quantitative estimate of drug-likeness (QED) is 0.615. The molecule has 1 aromatic heterocycles. The third kappa shape index (κ3) is 5.11. The zero-order valence-electron chi connectivity index (χ0n) is 16.0. The van der Waals surface area contributed by atoms with E-state index < -0.39 is 22.5 Å². The molecule has 0 aliphatic rings. The number of nitrogens with zero attached hydrogens (tertiary/aromatic N) is 3. The summed E-state index contributed by atoms with van der Waals surface area (Å²) in [6.45, 7) is 3.29. The van der Waals surface area contributed by atoms with Gasteiger partial charge in [0.15, 0.2) is 0 Å². The Labute approximate surface area is 178 Å². The van der Waals surface area contributed by atoms with Crippen LogP contribution in [0.5, 0.6) is 0 Å². The predicted octanol–water partition coefficient (Wildman–Crippen LogP) is 3.88. The van der Waals surface area contributed by atoms with Gasteiger partial charge < -0.3 is 0 Å². The molecule has 0 saturated carbocycles. The summed E-state index contributed by atoms with van der Waals surface area (Å²) in [6, 6.07) is 12.7. The van der Waals surface area contributed by atoms with Crippen molar-refractivity contribution in [1.82, 2.24) is 10.2 Å². The van der Waals surface area contributed by atoms with Gasteiger partial charge in [-0.25, -0.2) is 8.42 Å². The summed E-state index contributed by atoms with van der Waals surface area (Å²) >= 11 is 7.32. The van der Waals surface area contributed by atoms with Crippen LogP contribution < -0.4 is 9.62 Å². The second kappa shape index (κ2) is 8.48. The van der Waals surface area contributed by atoms with E-state index in [-0.39, 0.29) is 0 Å². The number of carbonyl (C=O) groups excluding carboxylic acids is 1. The minimum atomic E-state index is -3.71. The van der Waals surface area contributed by atoms with Crippen molar-refractivity contribution in [3.8, 4) is 10.6 Å². The molecule has 152 valence electrons. The molecule has 3 rings (SSSR count). The number of halogens is 1. The molecule has 0 fully saturated rings. The lowest BCUT2D eigenvalue weighted by molar-refractivity contribution is -0.114. The first-order valence-electron chi connectivity index (χ1n) is 8.58. The second-order valence-electron chi connectivity index (χ2n) is 6.48. The van der Waals surface area contributed by atoms with Crippen molar-refractivity contribution < 1.29 is 13.2 Å². The van der Waals surface area contributed by atoms with Crippen molar-refractivity contribution >= 4 is 49.7 Å². The number of aryl methyl sites for hydroxylation is 1. The van der Waals surface area contributed by atoms with Crippen LogP contribution in [0.25, 0.3) is 10.6 Å². The van der Waals surface area contributed by atoms with Crippen molar-refractivity contribution in [2.75, 3.05) is 22.4 Å². The van der Waals surface area contributed by atoms with Crippen LogP contribution in [-0.2, 0) is 14.8 Å². The fourth-order valence-electron chi connectivity index (χ4n) is 2.62. The van der Waals surface area contributed by atoms with Crippen molar-refractivity contribution in [2.24, 2.45) is 0 Å². The normalized spacial score (nSPS) is 11.3. The Hall–Kier alpha value is -2.49. The van der Waals surface area contributed by atoms with Crippen LogP contribution in [-0.4, -0.2) is 37.3 Å². The van der Waals surface area contributed by atoms with Gasteiger partial charge in [0, 0.05) is 10.6 Å². The number of amides is 1. The van der Waals surface area contributed by atoms with Crippen molar-refractivity contribution in [3.63, 3.8) is 0 Å². The Bertz CT molecular complexity index is 1140. The highest BCUT2D eigenvalue weighted by Gasteiger charge is 2.23. The zero-order valence-corrected chi connectivity index (χ0v) is 18.4. The molecule has 1 N–H and O–H groups in total. The summed E-state index contributed by atoms with van der Waals surface area (Å²) in [7, 11) is -3.71. The van der Waals surface area contributed by atoms with Crippen molar-refractivity contribution in [2.45, 2.75) is 13.8 Å².